The molecule has 0 amide bonds. The van der Waals surface area contributed by atoms with Crippen LogP contribution in [0.4, 0.5) is 0 Å². The average Bonchev–Trinajstić information content (AvgIpc) is 2.39. The molecule has 0 spiro atoms. The smallest absolute Gasteiger partial charge is 0.790 e. The van der Waals surface area contributed by atoms with Gasteiger partial charge in [0.2, 0.25) is 0 Å². The zero-order chi connectivity index (χ0) is 19.9. The normalized spacial score (nSPS) is 9.81. The predicted molar refractivity (Wildman–Crippen MR) is 62.0 cm³/mol. The van der Waals surface area contributed by atoms with E-state index in [1.807, 2.05) is 0 Å². The summed E-state index contributed by atoms with van der Waals surface area (Å²) in [5.74, 6) is 0. The number of phosphoric acid groups is 3. The van der Waals surface area contributed by atoms with Crippen molar-refractivity contribution in [3.8, 4) is 18.2 Å². The van der Waals surface area contributed by atoms with Gasteiger partial charge in [0.25, 0.3) is 0 Å². The van der Waals surface area contributed by atoms with E-state index < -0.39 is 43.3 Å². The van der Waals surface area contributed by atoms with Gasteiger partial charge in [-0.15, -0.1) is 0 Å². The molecule has 26 heavy (non-hydrogen) atoms. The van der Waals surface area contributed by atoms with Crippen LogP contribution in [-0.4, -0.2) is 19.8 Å². The van der Waals surface area contributed by atoms with Crippen LogP contribution < -0.4 is 88.5 Å². The Labute approximate surface area is 197 Å². The molecule has 0 saturated heterocycles. The van der Waals surface area contributed by atoms with Crippen LogP contribution in [0.5, 0.6) is 0 Å². The Kier molecular flexibility index (Phi) is 29.6. The van der Waals surface area contributed by atoms with Gasteiger partial charge >= 0.3 is 64.8 Å². The largest absolute Gasteiger partial charge is 1.00 e. The second-order valence-electron chi connectivity index (χ2n) is 2.64. The Bertz CT molecular complexity index is 541. The van der Waals surface area contributed by atoms with E-state index in [-0.39, 0.29) is 64.8 Å². The average molecular weight is 455 g/mol. The topological polar surface area (TPSA) is 289 Å². The molecule has 0 aliphatic rings. The van der Waals surface area contributed by atoms with Gasteiger partial charge in [-0.2, -0.15) is 15.8 Å². The van der Waals surface area contributed by atoms with Crippen molar-refractivity contribution in [2.45, 2.75) is 0 Å². The van der Waals surface area contributed by atoms with Crippen LogP contribution in [0, 0.1) is 34.0 Å². The molecule has 20 heteroatoms. The van der Waals surface area contributed by atoms with E-state index in [2.05, 4.69) is 13.6 Å². The third-order valence-electron chi connectivity index (χ3n) is 0.862. The molecule has 15 nitrogen and oxygen atoms in total. The van der Waals surface area contributed by atoms with Crippen molar-refractivity contribution in [3.63, 3.8) is 0 Å². The number of phosphoric ester groups is 3. The van der Waals surface area contributed by atoms with Crippen molar-refractivity contribution >= 4 is 23.5 Å². The summed E-state index contributed by atoms with van der Waals surface area (Å²) in [5, 5.41) is 23.0. The van der Waals surface area contributed by atoms with Gasteiger partial charge in [0.05, 0.1) is 41.7 Å². The number of hydrogen-bond acceptors (Lipinski definition) is 15. The SMILES string of the molecule is N#CCOP(=O)([O-])[O-].N#CCOP(=O)([O-])[O-].N#CCOP(=O)([O-])[O-].[H+].[H+].[H+].[H+].[Na+].[Na+]. The van der Waals surface area contributed by atoms with Crippen molar-refractivity contribution < 1.29 is 121 Å². The van der Waals surface area contributed by atoms with E-state index in [0.29, 0.717) is 0 Å². The first-order chi connectivity index (χ1) is 10.7. The van der Waals surface area contributed by atoms with Gasteiger partial charge in [0.15, 0.2) is 0 Å². The first kappa shape index (κ1) is 37.5. The summed E-state index contributed by atoms with van der Waals surface area (Å²) in [6.45, 7) is -2.11. The summed E-state index contributed by atoms with van der Waals surface area (Å²) in [4.78, 5) is 56.9. The number of nitriles is 3. The minimum Gasteiger partial charge on any atom is -0.790 e. The maximum absolute atomic E-state index is 9.49. The molecule has 0 aromatic heterocycles. The van der Waals surface area contributed by atoms with Gasteiger partial charge in [-0.3, -0.25) is 0 Å². The summed E-state index contributed by atoms with van der Waals surface area (Å²) in [6.07, 6.45) is 0. The summed E-state index contributed by atoms with van der Waals surface area (Å²) in [6, 6.07) is 3.99. The number of hydrogen-bond donors (Lipinski definition) is 0. The van der Waals surface area contributed by atoms with Crippen molar-refractivity contribution in [2.75, 3.05) is 19.8 Å². The van der Waals surface area contributed by atoms with E-state index in [1.165, 1.54) is 18.2 Å². The molecule has 0 radical (unpaired) electrons. The van der Waals surface area contributed by atoms with E-state index in [1.54, 1.807) is 0 Å². The molecule has 0 saturated carbocycles. The van der Waals surface area contributed by atoms with Crippen molar-refractivity contribution in [1.82, 2.24) is 0 Å². The maximum atomic E-state index is 9.49. The molecule has 138 valence electrons. The zero-order valence-electron chi connectivity index (χ0n) is 17.2. The van der Waals surface area contributed by atoms with Crippen LogP contribution in [0.3, 0.4) is 0 Å². The van der Waals surface area contributed by atoms with Crippen LogP contribution in [0.15, 0.2) is 0 Å². The molecule has 0 aromatic rings. The minimum absolute atomic E-state index is 0. The third-order valence-corrected chi connectivity index (χ3v) is 2.20. The Morgan fingerprint density at radius 2 is 0.769 bits per heavy atom. The second-order valence-corrected chi connectivity index (χ2v) is 6.09. The molecule has 0 aromatic carbocycles. The van der Waals surface area contributed by atoms with Crippen LogP contribution in [0.2, 0.25) is 0 Å². The Hall–Kier alpha value is 0.800. The molecule has 0 fully saturated rings. The fraction of sp³-hybridized carbons (Fsp3) is 0.500. The minimum atomic E-state index is -4.90. The van der Waals surface area contributed by atoms with E-state index in [0.717, 1.165) is 0 Å². The summed E-state index contributed by atoms with van der Waals surface area (Å²) in [7, 11) is -14.7. The van der Waals surface area contributed by atoms with Gasteiger partial charge in [-0.25, -0.2) is 0 Å². The van der Waals surface area contributed by atoms with Gasteiger partial charge in [0, 0.05) is 0 Å². The van der Waals surface area contributed by atoms with Crippen molar-refractivity contribution in [2.24, 2.45) is 0 Å². The van der Waals surface area contributed by atoms with E-state index >= 15 is 0 Å². The van der Waals surface area contributed by atoms with Gasteiger partial charge < -0.3 is 56.6 Å². The molecule has 0 rings (SSSR count). The van der Waals surface area contributed by atoms with Crippen molar-refractivity contribution in [1.29, 1.82) is 15.8 Å². The van der Waals surface area contributed by atoms with E-state index in [9.17, 15) is 43.1 Å². The Balaban J connectivity index is -0.0000000286. The molecule has 0 aliphatic heterocycles. The fourth-order valence-electron chi connectivity index (χ4n) is 0.324. The quantitative estimate of drug-likeness (QED) is 0.265. The standard InChI is InChI=1S/3C2H4NO4P.2Na/c3*3-1-2-7-8(4,5)6;;/h3*2H2,(H2,4,5,6);;/q;;;2*+1/p-2. The molecule has 0 heterocycles. The third kappa shape index (κ3) is 56.3. The van der Waals surface area contributed by atoms with Gasteiger partial charge in [0.1, 0.15) is 19.8 Å². The number of nitrogens with zero attached hydrogens (tertiary/aromatic N) is 3. The zero-order valence-corrected chi connectivity index (χ0v) is 19.9. The Morgan fingerprint density at radius 1 is 0.615 bits per heavy atom. The number of rotatable bonds is 6. The van der Waals surface area contributed by atoms with Gasteiger partial charge in [-0.05, 0) is 0 Å². The summed E-state index contributed by atoms with van der Waals surface area (Å²) in [5.41, 5.74) is 0. The first-order valence-electron chi connectivity index (χ1n) is 4.79. The van der Waals surface area contributed by atoms with Crippen LogP contribution in [0.25, 0.3) is 0 Å². The first-order valence-corrected chi connectivity index (χ1v) is 9.17. The molecule has 0 unspecified atom stereocenters. The fourth-order valence-corrected chi connectivity index (χ4v) is 0.971. The maximum Gasteiger partial charge on any atom is 1.00 e. The summed E-state index contributed by atoms with van der Waals surface area (Å²) < 4.78 is 38.9. The molecule has 0 atom stereocenters. The van der Waals surface area contributed by atoms with Crippen molar-refractivity contribution in [3.05, 3.63) is 0 Å². The molecular weight excluding hydrogens is 445 g/mol. The van der Waals surface area contributed by atoms with Crippen LogP contribution >= 0.6 is 23.5 Å². The summed E-state index contributed by atoms with van der Waals surface area (Å²) >= 11 is 0. The monoisotopic (exact) mass is 455 g/mol. The predicted octanol–water partition coefficient (Wildman–Crippen LogP) is -10.5. The molecular formula is C6H10N3Na2O12P3. The van der Waals surface area contributed by atoms with E-state index in [4.69, 9.17) is 15.8 Å². The Morgan fingerprint density at radius 3 is 0.808 bits per heavy atom. The molecule has 0 aliphatic carbocycles. The molecule has 0 bridgehead atoms. The van der Waals surface area contributed by atoms with Gasteiger partial charge in [-0.1, -0.05) is 0 Å². The molecule has 0 N–H and O–H groups in total. The van der Waals surface area contributed by atoms with Crippen LogP contribution in [0.1, 0.15) is 5.71 Å². The second kappa shape index (κ2) is 20.5. The van der Waals surface area contributed by atoms with Crippen LogP contribution in [-0.2, 0) is 27.3 Å².